The molecular weight excluding hydrogens is 232 g/mol. The maximum absolute atomic E-state index is 9.44. The smallest absolute Gasteiger partial charge is 0.173 e. The van der Waals surface area contributed by atoms with E-state index in [1.165, 1.54) is 5.56 Å². The van der Waals surface area contributed by atoms with Crippen LogP contribution >= 0.6 is 12.2 Å². The van der Waals surface area contributed by atoms with Crippen LogP contribution in [0.25, 0.3) is 0 Å². The fourth-order valence-corrected chi connectivity index (χ4v) is 2.21. The molecule has 0 amide bonds. The number of aliphatic hydroxyl groups is 1. The molecule has 92 valence electrons. The lowest BCUT2D eigenvalue weighted by molar-refractivity contribution is 0.110. The van der Waals surface area contributed by atoms with E-state index in [4.69, 9.17) is 12.2 Å². The summed E-state index contributed by atoms with van der Waals surface area (Å²) in [5.41, 5.74) is 2.26. The molecule has 0 aromatic heterocycles. The summed E-state index contributed by atoms with van der Waals surface area (Å²) in [6.45, 7) is 3.73. The van der Waals surface area contributed by atoms with Gasteiger partial charge >= 0.3 is 0 Å². The van der Waals surface area contributed by atoms with Crippen LogP contribution in [0.5, 0.6) is 0 Å². The first-order valence-corrected chi connectivity index (χ1v) is 6.36. The molecule has 2 N–H and O–H groups in total. The molecule has 0 saturated carbocycles. The molecule has 0 atom stereocenters. The molecule has 1 heterocycles. The molecule has 1 aliphatic heterocycles. The molecule has 1 aliphatic rings. The second kappa shape index (κ2) is 5.47. The molecule has 0 radical (unpaired) electrons. The van der Waals surface area contributed by atoms with Gasteiger partial charge in [-0.25, -0.2) is 0 Å². The molecule has 0 spiro atoms. The second-order valence-electron chi connectivity index (χ2n) is 4.51. The quantitative estimate of drug-likeness (QED) is 0.749. The van der Waals surface area contributed by atoms with E-state index in [0.29, 0.717) is 0 Å². The van der Waals surface area contributed by atoms with E-state index in [0.717, 1.165) is 36.7 Å². The van der Waals surface area contributed by atoms with E-state index in [1.54, 1.807) is 0 Å². The number of nitrogens with one attached hydrogen (secondary N) is 1. The summed E-state index contributed by atoms with van der Waals surface area (Å²) < 4.78 is 0. The number of likely N-dealkylation sites (tertiary alicyclic amines) is 1. The highest BCUT2D eigenvalue weighted by molar-refractivity contribution is 7.80. The van der Waals surface area contributed by atoms with E-state index in [-0.39, 0.29) is 6.10 Å². The first-order valence-electron chi connectivity index (χ1n) is 5.96. The van der Waals surface area contributed by atoms with Crippen molar-refractivity contribution < 1.29 is 5.11 Å². The molecule has 3 nitrogen and oxygen atoms in total. The second-order valence-corrected chi connectivity index (χ2v) is 4.90. The minimum absolute atomic E-state index is 0.159. The van der Waals surface area contributed by atoms with E-state index < -0.39 is 0 Å². The van der Waals surface area contributed by atoms with Crippen molar-refractivity contribution in [3.05, 3.63) is 29.8 Å². The predicted molar refractivity (Wildman–Crippen MR) is 74.2 cm³/mol. The number of hydrogen-bond donors (Lipinski definition) is 2. The van der Waals surface area contributed by atoms with Gasteiger partial charge in [0.1, 0.15) is 0 Å². The lowest BCUT2D eigenvalue weighted by Crippen LogP contribution is -2.42. The molecular formula is C13H18N2OS. The third-order valence-electron chi connectivity index (χ3n) is 3.05. The van der Waals surface area contributed by atoms with E-state index in [1.807, 2.05) is 12.1 Å². The Labute approximate surface area is 107 Å². The zero-order chi connectivity index (χ0) is 12.3. The van der Waals surface area contributed by atoms with E-state index in [2.05, 4.69) is 29.3 Å². The van der Waals surface area contributed by atoms with Crippen LogP contribution in [0.3, 0.4) is 0 Å². The van der Waals surface area contributed by atoms with Gasteiger partial charge in [0, 0.05) is 18.8 Å². The molecule has 0 bridgehead atoms. The molecule has 0 aliphatic carbocycles. The highest BCUT2D eigenvalue weighted by atomic mass is 32.1. The fraction of sp³-hybridized carbons (Fsp3) is 0.462. The minimum atomic E-state index is -0.159. The van der Waals surface area contributed by atoms with Gasteiger partial charge in [-0.15, -0.1) is 0 Å². The zero-order valence-electron chi connectivity index (χ0n) is 10.0. The predicted octanol–water partition coefficient (Wildman–Crippen LogP) is 2.15. The SMILES string of the molecule is Cc1ccc(NC(=S)N2CCC(O)CC2)cc1. The van der Waals surface area contributed by atoms with Crippen molar-refractivity contribution in [2.45, 2.75) is 25.9 Å². The third-order valence-corrected chi connectivity index (χ3v) is 3.41. The van der Waals surface area contributed by atoms with Crippen LogP contribution in [-0.4, -0.2) is 34.3 Å². The first-order chi connectivity index (χ1) is 8.15. The summed E-state index contributed by atoms with van der Waals surface area (Å²) in [5, 5.41) is 13.4. The Morgan fingerprint density at radius 3 is 2.47 bits per heavy atom. The first kappa shape index (κ1) is 12.3. The molecule has 1 aromatic carbocycles. The van der Waals surface area contributed by atoms with Crippen LogP contribution in [0, 0.1) is 6.92 Å². The van der Waals surface area contributed by atoms with Gasteiger partial charge in [-0.3, -0.25) is 0 Å². The molecule has 2 rings (SSSR count). The van der Waals surface area contributed by atoms with Crippen molar-refractivity contribution >= 4 is 23.0 Å². The third kappa shape index (κ3) is 3.41. The summed E-state index contributed by atoms with van der Waals surface area (Å²) in [7, 11) is 0. The Hall–Kier alpha value is -1.13. The van der Waals surface area contributed by atoms with Crippen LogP contribution in [-0.2, 0) is 0 Å². The highest BCUT2D eigenvalue weighted by Crippen LogP contribution is 2.13. The molecule has 1 aromatic rings. The number of aliphatic hydroxyl groups excluding tert-OH is 1. The van der Waals surface area contributed by atoms with Crippen LogP contribution in [0.15, 0.2) is 24.3 Å². The van der Waals surface area contributed by atoms with Crippen molar-refractivity contribution in [1.82, 2.24) is 4.90 Å². The van der Waals surface area contributed by atoms with Crippen LogP contribution in [0.2, 0.25) is 0 Å². The number of rotatable bonds is 1. The monoisotopic (exact) mass is 250 g/mol. The van der Waals surface area contributed by atoms with Crippen LogP contribution in [0.1, 0.15) is 18.4 Å². The average Bonchev–Trinajstić information content (AvgIpc) is 2.33. The normalized spacial score (nSPS) is 16.9. The van der Waals surface area contributed by atoms with Gasteiger partial charge in [0.25, 0.3) is 0 Å². The van der Waals surface area contributed by atoms with Gasteiger partial charge in [0.05, 0.1) is 6.10 Å². The Balaban J connectivity index is 1.90. The summed E-state index contributed by atoms with van der Waals surface area (Å²) >= 11 is 5.36. The number of piperidine rings is 1. The topological polar surface area (TPSA) is 35.5 Å². The zero-order valence-corrected chi connectivity index (χ0v) is 10.8. The van der Waals surface area contributed by atoms with Crippen LogP contribution in [0.4, 0.5) is 5.69 Å². The number of thiocarbonyl (C=S) groups is 1. The molecule has 4 heteroatoms. The van der Waals surface area contributed by atoms with Crippen molar-refractivity contribution in [3.8, 4) is 0 Å². The van der Waals surface area contributed by atoms with Gasteiger partial charge < -0.3 is 15.3 Å². The Morgan fingerprint density at radius 2 is 1.88 bits per heavy atom. The average molecular weight is 250 g/mol. The summed E-state index contributed by atoms with van der Waals surface area (Å²) in [6.07, 6.45) is 1.44. The van der Waals surface area contributed by atoms with Gasteiger partial charge in [-0.05, 0) is 44.1 Å². The van der Waals surface area contributed by atoms with Crippen molar-refractivity contribution in [2.75, 3.05) is 18.4 Å². The number of anilines is 1. The van der Waals surface area contributed by atoms with Gasteiger partial charge in [-0.1, -0.05) is 17.7 Å². The number of benzene rings is 1. The largest absolute Gasteiger partial charge is 0.393 e. The molecule has 1 saturated heterocycles. The van der Waals surface area contributed by atoms with Crippen molar-refractivity contribution in [3.63, 3.8) is 0 Å². The summed E-state index contributed by atoms with van der Waals surface area (Å²) in [4.78, 5) is 2.11. The number of hydrogen-bond acceptors (Lipinski definition) is 2. The van der Waals surface area contributed by atoms with Gasteiger partial charge in [-0.2, -0.15) is 0 Å². The van der Waals surface area contributed by atoms with E-state index in [9.17, 15) is 5.11 Å². The van der Waals surface area contributed by atoms with Crippen molar-refractivity contribution in [1.29, 1.82) is 0 Å². The molecule has 1 fully saturated rings. The lowest BCUT2D eigenvalue weighted by Gasteiger charge is -2.31. The molecule has 17 heavy (non-hydrogen) atoms. The summed E-state index contributed by atoms with van der Waals surface area (Å²) in [6, 6.07) is 8.18. The molecule has 0 unspecified atom stereocenters. The van der Waals surface area contributed by atoms with Crippen molar-refractivity contribution in [2.24, 2.45) is 0 Å². The van der Waals surface area contributed by atoms with Gasteiger partial charge in [0.2, 0.25) is 0 Å². The lowest BCUT2D eigenvalue weighted by atomic mass is 10.1. The maximum atomic E-state index is 9.44. The Morgan fingerprint density at radius 1 is 1.29 bits per heavy atom. The maximum Gasteiger partial charge on any atom is 0.173 e. The standard InChI is InChI=1S/C13H18N2OS/c1-10-2-4-11(5-3-10)14-13(17)15-8-6-12(16)7-9-15/h2-5,12,16H,6-9H2,1H3,(H,14,17). The van der Waals surface area contributed by atoms with Crippen LogP contribution < -0.4 is 5.32 Å². The summed E-state index contributed by atoms with van der Waals surface area (Å²) in [5.74, 6) is 0. The Bertz CT molecular complexity index is 383. The Kier molecular flexibility index (Phi) is 3.97. The highest BCUT2D eigenvalue weighted by Gasteiger charge is 2.18. The minimum Gasteiger partial charge on any atom is -0.393 e. The number of nitrogens with zero attached hydrogens (tertiary/aromatic N) is 1. The van der Waals surface area contributed by atoms with E-state index >= 15 is 0 Å². The van der Waals surface area contributed by atoms with Gasteiger partial charge in [0.15, 0.2) is 5.11 Å². The fourth-order valence-electron chi connectivity index (χ4n) is 1.91. The number of aryl methyl sites for hydroxylation is 1.